The fraction of sp³-hybridized carbons (Fsp3) is 0.429. The van der Waals surface area contributed by atoms with Crippen molar-refractivity contribution in [1.82, 2.24) is 10.6 Å². The fourth-order valence-corrected chi connectivity index (χ4v) is 5.15. The van der Waals surface area contributed by atoms with E-state index in [1.54, 1.807) is 0 Å². The van der Waals surface area contributed by atoms with Gasteiger partial charge in [0.25, 0.3) is 0 Å². The van der Waals surface area contributed by atoms with Crippen LogP contribution in [0.4, 0.5) is 0 Å². The largest absolute Gasteiger partial charge is 0.317 e. The molecule has 1 saturated heterocycles. The van der Waals surface area contributed by atoms with Crippen LogP contribution in [0.15, 0.2) is 58.3 Å². The van der Waals surface area contributed by atoms with Gasteiger partial charge in [0.05, 0.1) is 10.8 Å². The molecule has 1 aliphatic carbocycles. The molecule has 2 N–H and O–H groups in total. The average Bonchev–Trinajstić information content (AvgIpc) is 2.69. The molecular formula is C21H26N2OS. The third-order valence-corrected chi connectivity index (χ3v) is 6.76. The Morgan fingerprint density at radius 3 is 2.56 bits per heavy atom. The zero-order valence-electron chi connectivity index (χ0n) is 14.5. The molecule has 132 valence electrons. The monoisotopic (exact) mass is 354 g/mol. The normalized spacial score (nSPS) is 22.3. The van der Waals surface area contributed by atoms with Crippen molar-refractivity contribution in [3.63, 3.8) is 0 Å². The molecule has 4 rings (SSSR count). The molecule has 3 nitrogen and oxygen atoms in total. The lowest BCUT2D eigenvalue weighted by Gasteiger charge is -2.33. The van der Waals surface area contributed by atoms with Gasteiger partial charge in [0.2, 0.25) is 0 Å². The molecule has 0 bridgehead atoms. The molecule has 4 heteroatoms. The molecule has 0 amide bonds. The van der Waals surface area contributed by atoms with Gasteiger partial charge in [0, 0.05) is 21.9 Å². The van der Waals surface area contributed by atoms with E-state index in [4.69, 9.17) is 0 Å². The van der Waals surface area contributed by atoms with Gasteiger partial charge in [-0.25, -0.2) is 4.21 Å². The third-order valence-electron chi connectivity index (χ3n) is 5.38. The molecule has 2 aromatic rings. The van der Waals surface area contributed by atoms with E-state index in [1.807, 2.05) is 30.3 Å². The topological polar surface area (TPSA) is 41.1 Å². The van der Waals surface area contributed by atoms with Crippen LogP contribution in [-0.2, 0) is 17.2 Å². The summed E-state index contributed by atoms with van der Waals surface area (Å²) in [4.78, 5) is 1.80. The van der Waals surface area contributed by atoms with Crippen LogP contribution < -0.4 is 10.6 Å². The summed E-state index contributed by atoms with van der Waals surface area (Å²) < 4.78 is 12.8. The zero-order valence-corrected chi connectivity index (χ0v) is 15.4. The highest BCUT2D eigenvalue weighted by Crippen LogP contribution is 2.32. The fourth-order valence-electron chi connectivity index (χ4n) is 4.03. The zero-order chi connectivity index (χ0) is 17.1. The molecule has 25 heavy (non-hydrogen) atoms. The van der Waals surface area contributed by atoms with Gasteiger partial charge < -0.3 is 10.6 Å². The molecule has 0 saturated carbocycles. The van der Waals surface area contributed by atoms with Crippen LogP contribution in [-0.4, -0.2) is 23.3 Å². The quantitative estimate of drug-likeness (QED) is 0.882. The number of nitrogens with one attached hydrogen (secondary N) is 2. The minimum atomic E-state index is -1.09. The van der Waals surface area contributed by atoms with E-state index in [0.29, 0.717) is 12.1 Å². The lowest BCUT2D eigenvalue weighted by Crippen LogP contribution is -2.42. The molecule has 2 aromatic carbocycles. The Balaban J connectivity index is 1.54. The standard InChI is InChI=1S/C21H26N2OS/c24-25(18-6-2-1-3-7-18)19-9-10-20-16(15-19)5-4-8-21(20)23-17-11-13-22-14-12-17/h1-3,6-7,9-10,15,17,21-23H,4-5,8,11-14H2. The Kier molecular flexibility index (Phi) is 5.30. The van der Waals surface area contributed by atoms with Crippen molar-refractivity contribution in [3.8, 4) is 0 Å². The second kappa shape index (κ2) is 7.81. The van der Waals surface area contributed by atoms with Gasteiger partial charge in [-0.05, 0) is 80.6 Å². The highest BCUT2D eigenvalue weighted by molar-refractivity contribution is 7.85. The van der Waals surface area contributed by atoms with Crippen LogP contribution in [0.25, 0.3) is 0 Å². The highest BCUT2D eigenvalue weighted by atomic mass is 32.2. The second-order valence-electron chi connectivity index (χ2n) is 7.08. The number of fused-ring (bicyclic) bond motifs is 1. The Hall–Kier alpha value is -1.49. The summed E-state index contributed by atoms with van der Waals surface area (Å²) in [6.07, 6.45) is 5.93. The van der Waals surface area contributed by atoms with Gasteiger partial charge in [-0.1, -0.05) is 24.3 Å². The maximum atomic E-state index is 12.8. The van der Waals surface area contributed by atoms with Gasteiger partial charge in [-0.2, -0.15) is 0 Å². The highest BCUT2D eigenvalue weighted by Gasteiger charge is 2.24. The predicted molar refractivity (Wildman–Crippen MR) is 102 cm³/mol. The van der Waals surface area contributed by atoms with Crippen LogP contribution in [0.3, 0.4) is 0 Å². The van der Waals surface area contributed by atoms with E-state index >= 15 is 0 Å². The van der Waals surface area contributed by atoms with Crippen molar-refractivity contribution < 1.29 is 4.21 Å². The average molecular weight is 355 g/mol. The van der Waals surface area contributed by atoms with E-state index in [0.717, 1.165) is 29.3 Å². The minimum Gasteiger partial charge on any atom is -0.317 e. The Bertz CT molecular complexity index is 741. The van der Waals surface area contributed by atoms with Crippen molar-refractivity contribution in [3.05, 3.63) is 59.7 Å². The van der Waals surface area contributed by atoms with Crippen molar-refractivity contribution in [2.24, 2.45) is 0 Å². The minimum absolute atomic E-state index is 0.450. The van der Waals surface area contributed by atoms with Crippen LogP contribution in [0.2, 0.25) is 0 Å². The summed E-state index contributed by atoms with van der Waals surface area (Å²) in [7, 11) is -1.09. The van der Waals surface area contributed by atoms with E-state index in [9.17, 15) is 4.21 Å². The first kappa shape index (κ1) is 17.0. The SMILES string of the molecule is O=S(c1ccccc1)c1ccc2c(c1)CCCC2NC1CCNCC1. The molecule has 1 heterocycles. The van der Waals surface area contributed by atoms with E-state index in [-0.39, 0.29) is 0 Å². The molecule has 0 spiro atoms. The van der Waals surface area contributed by atoms with Crippen molar-refractivity contribution in [1.29, 1.82) is 0 Å². The summed E-state index contributed by atoms with van der Waals surface area (Å²) in [5, 5.41) is 7.31. The molecule has 2 aliphatic rings. The Labute approximate surface area is 152 Å². The van der Waals surface area contributed by atoms with Crippen LogP contribution >= 0.6 is 0 Å². The number of hydrogen-bond acceptors (Lipinski definition) is 3. The maximum Gasteiger partial charge on any atom is 0.0849 e. The summed E-state index contributed by atoms with van der Waals surface area (Å²) in [5.74, 6) is 0. The van der Waals surface area contributed by atoms with Crippen molar-refractivity contribution in [2.75, 3.05) is 13.1 Å². The summed E-state index contributed by atoms with van der Waals surface area (Å²) in [6.45, 7) is 2.23. The van der Waals surface area contributed by atoms with Gasteiger partial charge in [0.1, 0.15) is 0 Å². The van der Waals surface area contributed by atoms with Crippen LogP contribution in [0.5, 0.6) is 0 Å². The number of hydrogen-bond donors (Lipinski definition) is 2. The molecule has 2 unspecified atom stereocenters. The van der Waals surface area contributed by atoms with Gasteiger partial charge in [-0.3, -0.25) is 0 Å². The number of aryl methyl sites for hydroxylation is 1. The molecule has 1 fully saturated rings. The van der Waals surface area contributed by atoms with E-state index < -0.39 is 10.8 Å². The first-order chi connectivity index (χ1) is 12.3. The van der Waals surface area contributed by atoms with E-state index in [1.165, 1.54) is 36.8 Å². The van der Waals surface area contributed by atoms with Crippen LogP contribution in [0.1, 0.15) is 42.9 Å². The number of benzene rings is 2. The number of piperidine rings is 1. The van der Waals surface area contributed by atoms with Crippen LogP contribution in [0, 0.1) is 0 Å². The predicted octanol–water partition coefficient (Wildman–Crippen LogP) is 3.57. The first-order valence-corrected chi connectivity index (χ1v) is 10.5. The smallest absolute Gasteiger partial charge is 0.0849 e. The Morgan fingerprint density at radius 1 is 0.960 bits per heavy atom. The second-order valence-corrected chi connectivity index (χ2v) is 8.56. The van der Waals surface area contributed by atoms with E-state index in [2.05, 4.69) is 28.8 Å². The lowest BCUT2D eigenvalue weighted by atomic mass is 9.87. The van der Waals surface area contributed by atoms with Crippen molar-refractivity contribution in [2.45, 2.75) is 54.0 Å². The molecule has 1 aliphatic heterocycles. The van der Waals surface area contributed by atoms with Gasteiger partial charge in [-0.15, -0.1) is 0 Å². The molecule has 0 radical (unpaired) electrons. The lowest BCUT2D eigenvalue weighted by molar-refractivity contribution is 0.330. The summed E-state index contributed by atoms with van der Waals surface area (Å²) >= 11 is 0. The molecule has 0 aromatic heterocycles. The summed E-state index contributed by atoms with van der Waals surface area (Å²) in [5.41, 5.74) is 2.79. The molecular weight excluding hydrogens is 328 g/mol. The summed E-state index contributed by atoms with van der Waals surface area (Å²) in [6, 6.07) is 17.3. The number of rotatable bonds is 4. The Morgan fingerprint density at radius 2 is 1.76 bits per heavy atom. The third kappa shape index (κ3) is 3.86. The van der Waals surface area contributed by atoms with Crippen molar-refractivity contribution >= 4 is 10.8 Å². The van der Waals surface area contributed by atoms with Gasteiger partial charge in [0.15, 0.2) is 0 Å². The molecule has 2 atom stereocenters. The maximum absolute atomic E-state index is 12.8. The first-order valence-electron chi connectivity index (χ1n) is 9.38. The van der Waals surface area contributed by atoms with Gasteiger partial charge >= 0.3 is 0 Å².